The number of nitrogens with zero attached hydrogens (tertiary/aromatic N) is 4. The summed E-state index contributed by atoms with van der Waals surface area (Å²) in [5, 5.41) is 5.50. The number of amides is 1. The van der Waals surface area contributed by atoms with Crippen LogP contribution >= 0.6 is 11.6 Å². The Hall–Kier alpha value is -2.26. The standard InChI is InChI=1S/C25H32ClF3N4O2/c1-17(2)33-15-20(22(30-33)19-5-4-6-21(26)13-19)14-31-10-7-24(16-31)8-11-32(12-9-24)23(34)35-18(3)25(27,28)29/h4-6,13,15,17-18H,7-12,14,16H2,1-3H3. The number of rotatable bonds is 5. The van der Waals surface area contributed by atoms with Crippen LogP contribution in [0.15, 0.2) is 30.5 Å². The average molecular weight is 513 g/mol. The third-order valence-electron chi connectivity index (χ3n) is 7.17. The van der Waals surface area contributed by atoms with Gasteiger partial charge in [0.05, 0.1) is 5.69 Å². The molecule has 0 bridgehead atoms. The van der Waals surface area contributed by atoms with Gasteiger partial charge >= 0.3 is 12.3 Å². The lowest BCUT2D eigenvalue weighted by Gasteiger charge is -2.39. The van der Waals surface area contributed by atoms with E-state index in [1.807, 2.05) is 28.9 Å². The van der Waals surface area contributed by atoms with E-state index < -0.39 is 18.4 Å². The summed E-state index contributed by atoms with van der Waals surface area (Å²) in [4.78, 5) is 16.0. The molecule has 2 saturated heterocycles. The monoisotopic (exact) mass is 512 g/mol. The van der Waals surface area contributed by atoms with Crippen molar-refractivity contribution in [3.63, 3.8) is 0 Å². The molecule has 1 spiro atoms. The van der Waals surface area contributed by atoms with E-state index >= 15 is 0 Å². The summed E-state index contributed by atoms with van der Waals surface area (Å²) in [6, 6.07) is 7.95. The van der Waals surface area contributed by atoms with Crippen molar-refractivity contribution in [3.8, 4) is 11.3 Å². The van der Waals surface area contributed by atoms with Gasteiger partial charge in [-0.25, -0.2) is 4.79 Å². The number of hydrogen-bond donors (Lipinski definition) is 0. The van der Waals surface area contributed by atoms with Gasteiger partial charge in [-0.2, -0.15) is 18.3 Å². The number of benzene rings is 1. The van der Waals surface area contributed by atoms with E-state index in [0.717, 1.165) is 62.6 Å². The minimum absolute atomic E-state index is 0.0662. The quantitative estimate of drug-likeness (QED) is 0.481. The Morgan fingerprint density at radius 1 is 1.17 bits per heavy atom. The molecule has 0 N–H and O–H groups in total. The van der Waals surface area contributed by atoms with Crippen molar-refractivity contribution in [2.45, 2.75) is 64.9 Å². The summed E-state index contributed by atoms with van der Waals surface area (Å²) in [7, 11) is 0. The zero-order valence-electron chi connectivity index (χ0n) is 20.3. The third-order valence-corrected chi connectivity index (χ3v) is 7.40. The van der Waals surface area contributed by atoms with Crippen LogP contribution < -0.4 is 0 Å². The van der Waals surface area contributed by atoms with Gasteiger partial charge in [0, 0.05) is 54.6 Å². The molecule has 1 amide bonds. The van der Waals surface area contributed by atoms with Crippen molar-refractivity contribution >= 4 is 17.7 Å². The van der Waals surface area contributed by atoms with Crippen molar-refractivity contribution in [1.29, 1.82) is 0 Å². The Kier molecular flexibility index (Phi) is 7.38. The topological polar surface area (TPSA) is 50.6 Å². The van der Waals surface area contributed by atoms with Gasteiger partial charge in [0.2, 0.25) is 0 Å². The zero-order chi connectivity index (χ0) is 25.4. The van der Waals surface area contributed by atoms with Gasteiger partial charge < -0.3 is 9.64 Å². The molecule has 2 aliphatic rings. The first kappa shape index (κ1) is 25.8. The number of alkyl halides is 3. The molecule has 35 heavy (non-hydrogen) atoms. The molecule has 4 rings (SSSR count). The van der Waals surface area contributed by atoms with E-state index in [0.29, 0.717) is 18.1 Å². The fourth-order valence-corrected chi connectivity index (χ4v) is 5.15. The van der Waals surface area contributed by atoms with Crippen LogP contribution in [0.3, 0.4) is 0 Å². The minimum atomic E-state index is -4.55. The summed E-state index contributed by atoms with van der Waals surface area (Å²) in [5.41, 5.74) is 3.12. The normalized spacial score (nSPS) is 19.5. The van der Waals surface area contributed by atoms with Gasteiger partial charge in [0.25, 0.3) is 0 Å². The van der Waals surface area contributed by atoms with Crippen LogP contribution in [0, 0.1) is 5.41 Å². The van der Waals surface area contributed by atoms with Crippen LogP contribution in [0.4, 0.5) is 18.0 Å². The lowest BCUT2D eigenvalue weighted by Crippen LogP contribution is -2.46. The number of likely N-dealkylation sites (tertiary alicyclic amines) is 2. The Morgan fingerprint density at radius 2 is 1.86 bits per heavy atom. The molecule has 0 aliphatic carbocycles. The lowest BCUT2D eigenvalue weighted by atomic mass is 9.78. The van der Waals surface area contributed by atoms with Gasteiger partial charge in [-0.15, -0.1) is 0 Å². The van der Waals surface area contributed by atoms with E-state index in [-0.39, 0.29) is 11.5 Å². The fraction of sp³-hybridized carbons (Fsp3) is 0.600. The Bertz CT molecular complexity index is 1050. The van der Waals surface area contributed by atoms with E-state index in [1.165, 1.54) is 4.90 Å². The van der Waals surface area contributed by atoms with Gasteiger partial charge in [0.1, 0.15) is 0 Å². The second-order valence-electron chi connectivity index (χ2n) is 10.1. The molecule has 2 fully saturated rings. The van der Waals surface area contributed by atoms with E-state index in [1.54, 1.807) is 0 Å². The van der Waals surface area contributed by atoms with Gasteiger partial charge in [-0.3, -0.25) is 9.58 Å². The van der Waals surface area contributed by atoms with Crippen LogP contribution in [0.25, 0.3) is 11.3 Å². The van der Waals surface area contributed by atoms with Gasteiger partial charge in [0.15, 0.2) is 6.10 Å². The van der Waals surface area contributed by atoms with E-state index in [9.17, 15) is 18.0 Å². The zero-order valence-corrected chi connectivity index (χ0v) is 21.1. The van der Waals surface area contributed by atoms with Crippen molar-refractivity contribution in [2.75, 3.05) is 26.2 Å². The van der Waals surface area contributed by atoms with E-state index in [2.05, 4.69) is 29.7 Å². The van der Waals surface area contributed by atoms with Gasteiger partial charge in [-0.1, -0.05) is 23.7 Å². The van der Waals surface area contributed by atoms with Crippen molar-refractivity contribution < 1.29 is 22.7 Å². The Balaban J connectivity index is 1.39. The van der Waals surface area contributed by atoms with E-state index in [4.69, 9.17) is 16.7 Å². The number of carbonyl (C=O) groups is 1. The van der Waals surface area contributed by atoms with Crippen LogP contribution in [-0.4, -0.2) is 64.1 Å². The van der Waals surface area contributed by atoms with Crippen LogP contribution in [0.2, 0.25) is 5.02 Å². The first-order valence-corrected chi connectivity index (χ1v) is 12.4. The van der Waals surface area contributed by atoms with Crippen molar-refractivity contribution in [3.05, 3.63) is 41.0 Å². The largest absolute Gasteiger partial charge is 0.437 e. The summed E-state index contributed by atoms with van der Waals surface area (Å²) < 4.78 is 44.8. The molecule has 0 saturated carbocycles. The van der Waals surface area contributed by atoms with Crippen molar-refractivity contribution in [1.82, 2.24) is 19.6 Å². The highest BCUT2D eigenvalue weighted by molar-refractivity contribution is 6.30. The molecule has 1 aromatic heterocycles. The Morgan fingerprint density at radius 3 is 2.49 bits per heavy atom. The summed E-state index contributed by atoms with van der Waals surface area (Å²) >= 11 is 6.23. The fourth-order valence-electron chi connectivity index (χ4n) is 4.96. The molecule has 10 heteroatoms. The second kappa shape index (κ2) is 10.0. The third kappa shape index (κ3) is 5.94. The molecule has 2 aliphatic heterocycles. The van der Waals surface area contributed by atoms with Crippen molar-refractivity contribution in [2.24, 2.45) is 5.41 Å². The predicted molar refractivity (Wildman–Crippen MR) is 128 cm³/mol. The molecule has 2 aromatic rings. The minimum Gasteiger partial charge on any atom is -0.437 e. The highest BCUT2D eigenvalue weighted by atomic mass is 35.5. The highest BCUT2D eigenvalue weighted by Crippen LogP contribution is 2.41. The molecule has 1 aromatic carbocycles. The maximum atomic E-state index is 12.7. The van der Waals surface area contributed by atoms with Gasteiger partial charge in [-0.05, 0) is 64.1 Å². The average Bonchev–Trinajstić information content (AvgIpc) is 3.38. The Labute approximate surface area is 209 Å². The van der Waals surface area contributed by atoms with Crippen LogP contribution in [-0.2, 0) is 11.3 Å². The maximum absolute atomic E-state index is 12.7. The van der Waals surface area contributed by atoms with Crippen LogP contribution in [0.5, 0.6) is 0 Å². The summed E-state index contributed by atoms with van der Waals surface area (Å²) in [6.07, 6.45) is -2.92. The molecule has 1 unspecified atom stereocenters. The number of ether oxygens (including phenoxy) is 1. The number of hydrogen-bond acceptors (Lipinski definition) is 4. The lowest BCUT2D eigenvalue weighted by molar-refractivity contribution is -0.200. The molecule has 3 heterocycles. The number of piperidine rings is 1. The molecular formula is C25H32ClF3N4O2. The smallest absolute Gasteiger partial charge is 0.425 e. The number of carbonyl (C=O) groups excluding carboxylic acids is 1. The molecular weight excluding hydrogens is 481 g/mol. The molecule has 192 valence electrons. The second-order valence-corrected chi connectivity index (χ2v) is 10.5. The number of halogens is 4. The molecule has 6 nitrogen and oxygen atoms in total. The summed E-state index contributed by atoms with van der Waals surface area (Å²) in [5.74, 6) is 0. The predicted octanol–water partition coefficient (Wildman–Crippen LogP) is 6.16. The first-order valence-electron chi connectivity index (χ1n) is 12.0. The maximum Gasteiger partial charge on any atom is 0.425 e. The first-order chi connectivity index (χ1) is 16.5. The highest BCUT2D eigenvalue weighted by Gasteiger charge is 2.44. The molecule has 0 radical (unpaired) electrons. The molecule has 1 atom stereocenters. The van der Waals surface area contributed by atoms with Crippen LogP contribution in [0.1, 0.15) is 51.6 Å². The SMILES string of the molecule is CC(C)n1cc(CN2CCC3(CCN(C(=O)OC(C)C(F)(F)F)CC3)C2)c(-c2cccc(Cl)c2)n1. The summed E-state index contributed by atoms with van der Waals surface area (Å²) in [6.45, 7) is 8.44. The number of aromatic nitrogens is 2.